The molecule has 0 bridgehead atoms. The number of rotatable bonds is 3. The molecule has 0 aliphatic heterocycles. The first kappa shape index (κ1) is 16.6. The maximum absolute atomic E-state index is 12.3. The standard InChI is InChI=1S/C9H12BF3NO.K/c1-9(2,15)8-3-4-14-6-7(8)5-10(11,12)13;/h3-4,6,15H,5H2,1-2H3;/q-1;+1. The van der Waals surface area contributed by atoms with E-state index in [1.807, 2.05) is 0 Å². The number of aromatic nitrogens is 1. The molecule has 0 unspecified atom stereocenters. The molecule has 84 valence electrons. The third kappa shape index (κ3) is 5.29. The smallest absolute Gasteiger partial charge is 0.449 e. The Hall–Kier alpha value is 0.601. The van der Waals surface area contributed by atoms with Gasteiger partial charge < -0.3 is 18.1 Å². The summed E-state index contributed by atoms with van der Waals surface area (Å²) in [4.78, 5) is 3.64. The Balaban J connectivity index is 0.00000225. The molecule has 16 heavy (non-hydrogen) atoms. The van der Waals surface area contributed by atoms with E-state index in [0.29, 0.717) is 0 Å². The van der Waals surface area contributed by atoms with Gasteiger partial charge >= 0.3 is 58.4 Å². The van der Waals surface area contributed by atoms with Crippen molar-refractivity contribution in [1.82, 2.24) is 4.98 Å². The van der Waals surface area contributed by atoms with Crippen LogP contribution in [0.15, 0.2) is 18.5 Å². The summed E-state index contributed by atoms with van der Waals surface area (Å²) < 4.78 is 36.8. The van der Waals surface area contributed by atoms with Crippen LogP contribution in [0.5, 0.6) is 0 Å². The summed E-state index contributed by atoms with van der Waals surface area (Å²) in [6, 6.07) is 1.41. The van der Waals surface area contributed by atoms with Gasteiger partial charge in [-0.3, -0.25) is 4.98 Å². The van der Waals surface area contributed by atoms with Crippen LogP contribution in [0.2, 0.25) is 0 Å². The molecule has 0 fully saturated rings. The van der Waals surface area contributed by atoms with Crippen molar-refractivity contribution in [2.75, 3.05) is 0 Å². The molecule has 1 heterocycles. The Bertz CT molecular complexity index is 351. The number of hydrogen-bond donors (Lipinski definition) is 1. The minimum absolute atomic E-state index is 0. The average molecular weight is 257 g/mol. The molecule has 1 rings (SSSR count). The van der Waals surface area contributed by atoms with Gasteiger partial charge in [-0.25, -0.2) is 0 Å². The van der Waals surface area contributed by atoms with Gasteiger partial charge in [0.05, 0.1) is 5.60 Å². The van der Waals surface area contributed by atoms with Crippen molar-refractivity contribution in [3.63, 3.8) is 0 Å². The monoisotopic (exact) mass is 257 g/mol. The second-order valence-corrected chi connectivity index (χ2v) is 4.01. The molecule has 0 aliphatic carbocycles. The Morgan fingerprint density at radius 1 is 1.38 bits per heavy atom. The summed E-state index contributed by atoms with van der Waals surface area (Å²) in [6.45, 7) is -2.00. The first-order valence-electron chi connectivity index (χ1n) is 4.57. The number of pyridine rings is 1. The van der Waals surface area contributed by atoms with E-state index >= 15 is 0 Å². The fraction of sp³-hybridized carbons (Fsp3) is 0.444. The van der Waals surface area contributed by atoms with E-state index in [1.165, 1.54) is 26.1 Å². The Morgan fingerprint density at radius 2 is 1.94 bits per heavy atom. The summed E-state index contributed by atoms with van der Waals surface area (Å²) in [5.41, 5.74) is -0.964. The van der Waals surface area contributed by atoms with E-state index in [1.54, 1.807) is 0 Å². The van der Waals surface area contributed by atoms with Crippen LogP contribution in [0.1, 0.15) is 25.0 Å². The second-order valence-electron chi connectivity index (χ2n) is 4.01. The Labute approximate surface area is 135 Å². The van der Waals surface area contributed by atoms with Gasteiger partial charge in [0, 0.05) is 12.4 Å². The molecule has 0 amide bonds. The van der Waals surface area contributed by atoms with Crippen LogP contribution in [0.4, 0.5) is 12.9 Å². The van der Waals surface area contributed by atoms with Crippen molar-refractivity contribution >= 4 is 6.98 Å². The molecule has 1 aromatic rings. The zero-order chi connectivity index (χ0) is 11.7. The van der Waals surface area contributed by atoms with Crippen LogP contribution >= 0.6 is 0 Å². The van der Waals surface area contributed by atoms with Gasteiger partial charge in [0.1, 0.15) is 0 Å². The van der Waals surface area contributed by atoms with Gasteiger partial charge in [0.2, 0.25) is 0 Å². The maximum atomic E-state index is 12.3. The summed E-state index contributed by atoms with van der Waals surface area (Å²) in [7, 11) is 0. The van der Waals surface area contributed by atoms with Crippen LogP contribution in [0, 0.1) is 0 Å². The normalized spacial score (nSPS) is 12.1. The largest absolute Gasteiger partial charge is 1.00 e. The molecule has 0 atom stereocenters. The van der Waals surface area contributed by atoms with Crippen LogP contribution in [-0.4, -0.2) is 17.1 Å². The molecule has 1 aromatic heterocycles. The molecular formula is C9H12BF3KNO. The molecular weight excluding hydrogens is 245 g/mol. The minimum Gasteiger partial charge on any atom is -0.449 e. The summed E-state index contributed by atoms with van der Waals surface area (Å²) in [5.74, 6) is 0. The zero-order valence-corrected chi connectivity index (χ0v) is 12.7. The second kappa shape index (κ2) is 5.97. The van der Waals surface area contributed by atoms with Gasteiger partial charge in [-0.1, -0.05) is 6.32 Å². The average Bonchev–Trinajstić information content (AvgIpc) is 1.99. The zero-order valence-electron chi connectivity index (χ0n) is 9.54. The van der Waals surface area contributed by atoms with Crippen LogP contribution < -0.4 is 51.4 Å². The third-order valence-corrected chi connectivity index (χ3v) is 2.01. The van der Waals surface area contributed by atoms with Gasteiger partial charge in [-0.15, -0.1) is 0 Å². The quantitative estimate of drug-likeness (QED) is 0.722. The van der Waals surface area contributed by atoms with E-state index < -0.39 is 18.9 Å². The van der Waals surface area contributed by atoms with E-state index in [0.717, 1.165) is 6.20 Å². The van der Waals surface area contributed by atoms with E-state index in [-0.39, 0.29) is 62.5 Å². The van der Waals surface area contributed by atoms with Crippen LogP contribution in [0.25, 0.3) is 0 Å². The van der Waals surface area contributed by atoms with Gasteiger partial charge in [0.15, 0.2) is 0 Å². The molecule has 0 saturated heterocycles. The SMILES string of the molecule is CC(C)(O)c1ccncc1C[B-](F)(F)F.[K+]. The first-order chi connectivity index (χ1) is 6.70. The number of halogens is 3. The fourth-order valence-electron chi connectivity index (χ4n) is 1.44. The first-order valence-corrected chi connectivity index (χ1v) is 4.57. The van der Waals surface area contributed by atoms with Crippen LogP contribution in [-0.2, 0) is 11.9 Å². The molecule has 2 nitrogen and oxygen atoms in total. The third-order valence-electron chi connectivity index (χ3n) is 2.01. The molecule has 0 saturated carbocycles. The molecule has 0 spiro atoms. The van der Waals surface area contributed by atoms with Gasteiger partial charge in [-0.2, -0.15) is 0 Å². The molecule has 0 aliphatic rings. The van der Waals surface area contributed by atoms with E-state index in [9.17, 15) is 18.1 Å². The van der Waals surface area contributed by atoms with Gasteiger partial charge in [-0.05, 0) is 31.0 Å². The molecule has 0 aromatic carbocycles. The maximum Gasteiger partial charge on any atom is 1.00 e. The van der Waals surface area contributed by atoms with E-state index in [4.69, 9.17) is 0 Å². The van der Waals surface area contributed by atoms with Crippen molar-refractivity contribution in [2.24, 2.45) is 0 Å². The van der Waals surface area contributed by atoms with Crippen molar-refractivity contribution < 1.29 is 69.4 Å². The van der Waals surface area contributed by atoms with E-state index in [2.05, 4.69) is 4.98 Å². The summed E-state index contributed by atoms with van der Waals surface area (Å²) in [5, 5.41) is 9.68. The van der Waals surface area contributed by atoms with Crippen molar-refractivity contribution in [3.8, 4) is 0 Å². The Morgan fingerprint density at radius 3 is 2.38 bits per heavy atom. The number of hydrogen-bond acceptors (Lipinski definition) is 2. The predicted molar refractivity (Wildman–Crippen MR) is 52.3 cm³/mol. The molecule has 1 N–H and O–H groups in total. The minimum atomic E-state index is -4.91. The van der Waals surface area contributed by atoms with Crippen LogP contribution in [0.3, 0.4) is 0 Å². The molecule has 0 radical (unpaired) electrons. The Kier molecular flexibility index (Phi) is 6.20. The molecule has 7 heteroatoms. The topological polar surface area (TPSA) is 33.1 Å². The summed E-state index contributed by atoms with van der Waals surface area (Å²) >= 11 is 0. The fourth-order valence-corrected chi connectivity index (χ4v) is 1.44. The van der Waals surface area contributed by atoms with Crippen molar-refractivity contribution in [3.05, 3.63) is 29.6 Å². The van der Waals surface area contributed by atoms with Crippen molar-refractivity contribution in [2.45, 2.75) is 25.8 Å². The van der Waals surface area contributed by atoms with Crippen molar-refractivity contribution in [1.29, 1.82) is 0 Å². The number of nitrogens with zero attached hydrogens (tertiary/aromatic N) is 1. The summed E-state index contributed by atoms with van der Waals surface area (Å²) in [6.07, 6.45) is 1.52. The number of aliphatic hydroxyl groups is 1. The van der Waals surface area contributed by atoms with Gasteiger partial charge in [0.25, 0.3) is 0 Å². The predicted octanol–water partition coefficient (Wildman–Crippen LogP) is -0.758.